The quantitative estimate of drug-likeness (QED) is 0.623. The second-order valence-electron chi connectivity index (χ2n) is 9.03. The molecule has 3 aliphatic heterocycles. The highest BCUT2D eigenvalue weighted by atomic mass is 16.2. The number of carbonyl (C=O) groups excluding carboxylic acids is 4. The van der Waals surface area contributed by atoms with Crippen molar-refractivity contribution in [3.8, 4) is 0 Å². The third-order valence-electron chi connectivity index (χ3n) is 6.81. The van der Waals surface area contributed by atoms with Crippen molar-refractivity contribution < 1.29 is 19.2 Å². The Balaban J connectivity index is 1.38. The number of pyridine rings is 1. The highest BCUT2D eigenvalue weighted by Gasteiger charge is 2.44. The number of nitrogens with zero attached hydrogens (tertiary/aromatic N) is 3. The van der Waals surface area contributed by atoms with Crippen molar-refractivity contribution in [2.75, 3.05) is 13.1 Å². The topological polar surface area (TPSA) is 112 Å². The van der Waals surface area contributed by atoms with Crippen LogP contribution in [0.15, 0.2) is 42.6 Å². The number of benzene rings is 1. The molecule has 0 saturated carbocycles. The van der Waals surface area contributed by atoms with Gasteiger partial charge in [-0.3, -0.25) is 39.3 Å². The second-order valence-corrected chi connectivity index (χ2v) is 9.03. The number of aromatic nitrogens is 1. The van der Waals surface area contributed by atoms with Crippen LogP contribution in [0.2, 0.25) is 0 Å². The molecule has 1 aromatic carbocycles. The van der Waals surface area contributed by atoms with Crippen LogP contribution in [0, 0.1) is 0 Å². The van der Waals surface area contributed by atoms with E-state index in [-0.39, 0.29) is 18.7 Å². The Morgan fingerprint density at radius 1 is 0.941 bits per heavy atom. The van der Waals surface area contributed by atoms with E-state index in [4.69, 9.17) is 0 Å². The molecule has 5 rings (SSSR count). The van der Waals surface area contributed by atoms with Crippen molar-refractivity contribution in [1.82, 2.24) is 25.4 Å². The van der Waals surface area contributed by atoms with Crippen molar-refractivity contribution in [2.45, 2.75) is 50.9 Å². The number of imide groups is 2. The number of hydrogen-bond acceptors (Lipinski definition) is 7. The van der Waals surface area contributed by atoms with Gasteiger partial charge in [-0.05, 0) is 62.2 Å². The van der Waals surface area contributed by atoms with Gasteiger partial charge in [0, 0.05) is 31.7 Å². The van der Waals surface area contributed by atoms with Crippen LogP contribution in [0.5, 0.6) is 0 Å². The van der Waals surface area contributed by atoms with Crippen molar-refractivity contribution in [3.63, 3.8) is 0 Å². The summed E-state index contributed by atoms with van der Waals surface area (Å²) in [7, 11) is 0. The molecule has 0 spiro atoms. The smallest absolute Gasteiger partial charge is 0.262 e. The SMILES string of the molecule is O=C1CCC(N2C(=O)c3ccc(CN(Cc4ccccn4)C4CCNCC4)cc3C2=O)C(=O)N1. The van der Waals surface area contributed by atoms with Crippen LogP contribution in [0.3, 0.4) is 0 Å². The third kappa shape index (κ3) is 4.36. The van der Waals surface area contributed by atoms with Gasteiger partial charge in [0.2, 0.25) is 11.8 Å². The van der Waals surface area contributed by atoms with E-state index in [1.807, 2.05) is 24.3 Å². The molecule has 9 heteroatoms. The van der Waals surface area contributed by atoms with Crippen LogP contribution in [-0.4, -0.2) is 63.6 Å². The summed E-state index contributed by atoms with van der Waals surface area (Å²) in [6, 6.07) is 10.6. The zero-order valence-electron chi connectivity index (χ0n) is 18.8. The minimum atomic E-state index is -0.955. The van der Waals surface area contributed by atoms with Crippen LogP contribution in [0.4, 0.5) is 0 Å². The van der Waals surface area contributed by atoms with E-state index in [0.717, 1.165) is 42.1 Å². The number of piperidine rings is 2. The fourth-order valence-electron chi connectivity index (χ4n) is 5.04. The fraction of sp³-hybridized carbons (Fsp3) is 0.400. The molecular weight excluding hydrogens is 434 g/mol. The largest absolute Gasteiger partial charge is 0.317 e. The van der Waals surface area contributed by atoms with E-state index in [1.54, 1.807) is 18.3 Å². The molecule has 3 aliphatic rings. The average Bonchev–Trinajstić information content (AvgIpc) is 3.09. The summed E-state index contributed by atoms with van der Waals surface area (Å²) in [4.78, 5) is 57.8. The summed E-state index contributed by atoms with van der Waals surface area (Å²) in [5, 5.41) is 5.63. The van der Waals surface area contributed by atoms with E-state index < -0.39 is 23.8 Å². The molecule has 1 aromatic heterocycles. The Bertz CT molecular complexity index is 1130. The third-order valence-corrected chi connectivity index (χ3v) is 6.81. The molecule has 2 aromatic rings. The summed E-state index contributed by atoms with van der Waals surface area (Å²) in [5.41, 5.74) is 2.53. The predicted octanol–water partition coefficient (Wildman–Crippen LogP) is 1.24. The highest BCUT2D eigenvalue weighted by Crippen LogP contribution is 2.29. The molecule has 2 fully saturated rings. The van der Waals surface area contributed by atoms with E-state index in [1.165, 1.54) is 0 Å². The Morgan fingerprint density at radius 3 is 2.47 bits per heavy atom. The molecule has 0 radical (unpaired) electrons. The molecule has 1 atom stereocenters. The van der Waals surface area contributed by atoms with Crippen molar-refractivity contribution in [1.29, 1.82) is 0 Å². The molecule has 2 N–H and O–H groups in total. The van der Waals surface area contributed by atoms with E-state index in [2.05, 4.69) is 20.5 Å². The highest BCUT2D eigenvalue weighted by molar-refractivity contribution is 6.23. The summed E-state index contributed by atoms with van der Waals surface area (Å²) in [6.45, 7) is 3.23. The Morgan fingerprint density at radius 2 is 1.74 bits per heavy atom. The molecule has 1 unspecified atom stereocenters. The van der Waals surface area contributed by atoms with Crippen LogP contribution >= 0.6 is 0 Å². The number of fused-ring (bicyclic) bond motifs is 1. The van der Waals surface area contributed by atoms with Gasteiger partial charge >= 0.3 is 0 Å². The Hall–Kier alpha value is -3.43. The maximum Gasteiger partial charge on any atom is 0.262 e. The number of carbonyl (C=O) groups is 4. The van der Waals surface area contributed by atoms with Crippen LogP contribution in [-0.2, 0) is 22.7 Å². The molecule has 4 amide bonds. The lowest BCUT2D eigenvalue weighted by atomic mass is 10.0. The van der Waals surface area contributed by atoms with Gasteiger partial charge in [0.15, 0.2) is 0 Å². The van der Waals surface area contributed by atoms with Gasteiger partial charge in [0.05, 0.1) is 16.8 Å². The Kier molecular flexibility index (Phi) is 6.21. The molecular formula is C25H27N5O4. The lowest BCUT2D eigenvalue weighted by Gasteiger charge is -2.34. The minimum absolute atomic E-state index is 0.105. The van der Waals surface area contributed by atoms with Gasteiger partial charge in [0.25, 0.3) is 11.8 Å². The van der Waals surface area contributed by atoms with Gasteiger partial charge in [0.1, 0.15) is 6.04 Å². The molecule has 4 heterocycles. The van der Waals surface area contributed by atoms with E-state index >= 15 is 0 Å². The first kappa shape index (κ1) is 22.4. The maximum atomic E-state index is 13.2. The first-order valence-corrected chi connectivity index (χ1v) is 11.7. The number of rotatable bonds is 6. The normalized spacial score (nSPS) is 21.2. The van der Waals surface area contributed by atoms with Gasteiger partial charge in [-0.2, -0.15) is 0 Å². The van der Waals surface area contributed by atoms with Crippen molar-refractivity contribution in [2.24, 2.45) is 0 Å². The first-order chi connectivity index (χ1) is 16.5. The maximum absolute atomic E-state index is 13.2. The molecule has 0 bridgehead atoms. The lowest BCUT2D eigenvalue weighted by molar-refractivity contribution is -0.136. The molecule has 2 saturated heterocycles. The van der Waals surface area contributed by atoms with E-state index in [0.29, 0.717) is 30.3 Å². The molecule has 176 valence electrons. The lowest BCUT2D eigenvalue weighted by Crippen LogP contribution is -2.54. The van der Waals surface area contributed by atoms with Crippen molar-refractivity contribution in [3.05, 3.63) is 65.0 Å². The van der Waals surface area contributed by atoms with Gasteiger partial charge in [-0.15, -0.1) is 0 Å². The number of nitrogens with one attached hydrogen (secondary N) is 2. The zero-order chi connectivity index (χ0) is 23.7. The summed E-state index contributed by atoms with van der Waals surface area (Å²) >= 11 is 0. The second kappa shape index (κ2) is 9.44. The average molecular weight is 462 g/mol. The predicted molar refractivity (Wildman–Crippen MR) is 122 cm³/mol. The van der Waals surface area contributed by atoms with Gasteiger partial charge in [-0.1, -0.05) is 12.1 Å². The minimum Gasteiger partial charge on any atom is -0.317 e. The monoisotopic (exact) mass is 461 g/mol. The van der Waals surface area contributed by atoms with Crippen molar-refractivity contribution >= 4 is 23.6 Å². The zero-order valence-corrected chi connectivity index (χ0v) is 18.8. The van der Waals surface area contributed by atoms with Gasteiger partial charge < -0.3 is 5.32 Å². The summed E-state index contributed by atoms with van der Waals surface area (Å²) < 4.78 is 0. The summed E-state index contributed by atoms with van der Waals surface area (Å²) in [5.74, 6) is -1.94. The molecule has 9 nitrogen and oxygen atoms in total. The standard InChI is InChI=1S/C25H27N5O4/c31-22-7-6-21(23(32)28-22)30-24(33)19-5-4-16(13-20(19)25(30)34)14-29(18-8-11-26-12-9-18)15-17-3-1-2-10-27-17/h1-5,10,13,18,21,26H,6-9,11-12,14-15H2,(H,28,31,32). The van der Waals surface area contributed by atoms with Gasteiger partial charge in [-0.25, -0.2) is 0 Å². The van der Waals surface area contributed by atoms with Crippen LogP contribution in [0.1, 0.15) is 57.7 Å². The molecule has 34 heavy (non-hydrogen) atoms. The van der Waals surface area contributed by atoms with Crippen LogP contribution in [0.25, 0.3) is 0 Å². The molecule has 0 aliphatic carbocycles. The number of amides is 4. The first-order valence-electron chi connectivity index (χ1n) is 11.7. The van der Waals surface area contributed by atoms with E-state index in [9.17, 15) is 19.2 Å². The fourth-order valence-corrected chi connectivity index (χ4v) is 5.04. The van der Waals surface area contributed by atoms with Crippen LogP contribution < -0.4 is 10.6 Å². The number of hydrogen-bond donors (Lipinski definition) is 2. The summed E-state index contributed by atoms with van der Waals surface area (Å²) in [6.07, 6.45) is 4.10. The Labute approximate surface area is 197 Å².